The molecule has 1 N–H and O–H groups in total. The minimum Gasteiger partial charge on any atom is -0.313 e. The van der Waals surface area contributed by atoms with Crippen molar-refractivity contribution in [1.82, 2.24) is 10.3 Å². The smallest absolute Gasteiger partial charge is 0.141 e. The lowest BCUT2D eigenvalue weighted by atomic mass is 10.2. The zero-order chi connectivity index (χ0) is 10.5. The third-order valence-corrected chi connectivity index (χ3v) is 2.75. The molecule has 1 fully saturated rings. The van der Waals surface area contributed by atoms with Crippen molar-refractivity contribution in [2.45, 2.75) is 32.2 Å². The molecule has 1 aliphatic carbocycles. The monoisotopic (exact) mass is 208 g/mol. The van der Waals surface area contributed by atoms with Crippen molar-refractivity contribution in [3.8, 4) is 0 Å². The van der Waals surface area contributed by atoms with Crippen molar-refractivity contribution in [2.24, 2.45) is 5.92 Å². The third kappa shape index (κ3) is 3.96. The molecule has 0 aliphatic heterocycles. The normalized spacial score (nSPS) is 15.5. The van der Waals surface area contributed by atoms with E-state index < -0.39 is 0 Å². The first-order chi connectivity index (χ1) is 7.34. The molecule has 0 amide bonds. The lowest BCUT2D eigenvalue weighted by molar-refractivity contribution is 0.586. The standard InChI is InChI=1S/C12H17FN2/c13-12-6-11(8-15-9-12)7-14-5-1-2-10-3-4-10/h6,8-10,14H,1-5,7H2. The molecule has 1 aromatic rings. The topological polar surface area (TPSA) is 24.9 Å². The summed E-state index contributed by atoms with van der Waals surface area (Å²) in [6.45, 7) is 1.74. The average molecular weight is 208 g/mol. The van der Waals surface area contributed by atoms with E-state index in [2.05, 4.69) is 10.3 Å². The van der Waals surface area contributed by atoms with E-state index in [1.807, 2.05) is 0 Å². The average Bonchev–Trinajstić information content (AvgIpc) is 3.01. The maximum Gasteiger partial charge on any atom is 0.141 e. The Morgan fingerprint density at radius 3 is 3.00 bits per heavy atom. The number of hydrogen-bond donors (Lipinski definition) is 1. The molecule has 0 spiro atoms. The Balaban J connectivity index is 1.60. The van der Waals surface area contributed by atoms with Gasteiger partial charge in [-0.05, 0) is 36.9 Å². The third-order valence-electron chi connectivity index (χ3n) is 2.75. The van der Waals surface area contributed by atoms with Crippen LogP contribution in [0.15, 0.2) is 18.5 Å². The quantitative estimate of drug-likeness (QED) is 0.726. The van der Waals surface area contributed by atoms with Gasteiger partial charge in [0, 0.05) is 12.7 Å². The van der Waals surface area contributed by atoms with Gasteiger partial charge in [0.25, 0.3) is 0 Å². The fourth-order valence-electron chi connectivity index (χ4n) is 1.71. The van der Waals surface area contributed by atoms with Crippen molar-refractivity contribution in [3.63, 3.8) is 0 Å². The second-order valence-electron chi connectivity index (χ2n) is 4.27. The molecule has 1 aliphatic rings. The predicted molar refractivity (Wildman–Crippen MR) is 57.9 cm³/mol. The van der Waals surface area contributed by atoms with Crippen molar-refractivity contribution >= 4 is 0 Å². The van der Waals surface area contributed by atoms with E-state index in [4.69, 9.17) is 0 Å². The van der Waals surface area contributed by atoms with Crippen LogP contribution in [0.4, 0.5) is 4.39 Å². The van der Waals surface area contributed by atoms with Crippen LogP contribution < -0.4 is 5.32 Å². The SMILES string of the molecule is Fc1cncc(CNCCCC2CC2)c1. The Morgan fingerprint density at radius 1 is 1.40 bits per heavy atom. The van der Waals surface area contributed by atoms with Crippen LogP contribution >= 0.6 is 0 Å². The molecule has 0 atom stereocenters. The van der Waals surface area contributed by atoms with Gasteiger partial charge in [-0.2, -0.15) is 0 Å². The van der Waals surface area contributed by atoms with E-state index in [-0.39, 0.29) is 5.82 Å². The second kappa shape index (κ2) is 5.21. The number of aromatic nitrogens is 1. The van der Waals surface area contributed by atoms with E-state index in [0.29, 0.717) is 0 Å². The van der Waals surface area contributed by atoms with Crippen LogP contribution in [-0.2, 0) is 6.54 Å². The first kappa shape index (κ1) is 10.6. The fraction of sp³-hybridized carbons (Fsp3) is 0.583. The summed E-state index contributed by atoms with van der Waals surface area (Å²) in [5.41, 5.74) is 0.918. The van der Waals surface area contributed by atoms with Gasteiger partial charge in [-0.3, -0.25) is 4.98 Å². The molecule has 15 heavy (non-hydrogen) atoms. The number of hydrogen-bond acceptors (Lipinski definition) is 2. The Kier molecular flexibility index (Phi) is 3.67. The summed E-state index contributed by atoms with van der Waals surface area (Å²) in [4.78, 5) is 3.81. The molecule has 1 saturated carbocycles. The maximum absolute atomic E-state index is 12.8. The molecule has 2 rings (SSSR count). The van der Waals surface area contributed by atoms with Crippen LogP contribution in [-0.4, -0.2) is 11.5 Å². The Morgan fingerprint density at radius 2 is 2.27 bits per heavy atom. The maximum atomic E-state index is 12.8. The van der Waals surface area contributed by atoms with Crippen molar-refractivity contribution < 1.29 is 4.39 Å². The van der Waals surface area contributed by atoms with E-state index >= 15 is 0 Å². The molecule has 0 radical (unpaired) electrons. The molecule has 0 aromatic carbocycles. The fourth-order valence-corrected chi connectivity index (χ4v) is 1.71. The zero-order valence-electron chi connectivity index (χ0n) is 8.88. The first-order valence-corrected chi connectivity index (χ1v) is 5.65. The molecular weight excluding hydrogens is 191 g/mol. The van der Waals surface area contributed by atoms with Gasteiger partial charge in [0.05, 0.1) is 6.20 Å². The Labute approximate surface area is 89.9 Å². The van der Waals surface area contributed by atoms with Crippen LogP contribution in [0.3, 0.4) is 0 Å². The van der Waals surface area contributed by atoms with Gasteiger partial charge in [0.2, 0.25) is 0 Å². The molecular formula is C12H17FN2. The van der Waals surface area contributed by atoms with Crippen LogP contribution in [0.5, 0.6) is 0 Å². The largest absolute Gasteiger partial charge is 0.313 e. The highest BCUT2D eigenvalue weighted by molar-refractivity contribution is 5.09. The van der Waals surface area contributed by atoms with Gasteiger partial charge in [-0.25, -0.2) is 4.39 Å². The second-order valence-corrected chi connectivity index (χ2v) is 4.27. The number of nitrogens with zero attached hydrogens (tertiary/aromatic N) is 1. The Hall–Kier alpha value is -0.960. The highest BCUT2D eigenvalue weighted by atomic mass is 19.1. The molecule has 0 saturated heterocycles. The number of pyridine rings is 1. The van der Waals surface area contributed by atoms with Crippen LogP contribution in [0, 0.1) is 11.7 Å². The lowest BCUT2D eigenvalue weighted by Crippen LogP contribution is -2.15. The summed E-state index contributed by atoms with van der Waals surface area (Å²) in [5, 5.41) is 3.31. The molecule has 1 heterocycles. The van der Waals surface area contributed by atoms with Crippen molar-refractivity contribution in [3.05, 3.63) is 29.8 Å². The van der Waals surface area contributed by atoms with Crippen molar-refractivity contribution in [1.29, 1.82) is 0 Å². The van der Waals surface area contributed by atoms with Gasteiger partial charge in [-0.1, -0.05) is 12.8 Å². The summed E-state index contributed by atoms with van der Waals surface area (Å²) in [6, 6.07) is 1.53. The van der Waals surface area contributed by atoms with E-state index in [0.717, 1.165) is 24.6 Å². The van der Waals surface area contributed by atoms with Crippen molar-refractivity contribution in [2.75, 3.05) is 6.54 Å². The summed E-state index contributed by atoms with van der Waals surface area (Å²) in [6.07, 6.45) is 8.36. The highest BCUT2D eigenvalue weighted by Gasteiger charge is 2.19. The molecule has 3 heteroatoms. The van der Waals surface area contributed by atoms with E-state index in [1.54, 1.807) is 6.20 Å². The van der Waals surface area contributed by atoms with E-state index in [9.17, 15) is 4.39 Å². The number of rotatable bonds is 6. The van der Waals surface area contributed by atoms with Crippen LogP contribution in [0.1, 0.15) is 31.2 Å². The first-order valence-electron chi connectivity index (χ1n) is 5.65. The van der Waals surface area contributed by atoms with Crippen LogP contribution in [0.2, 0.25) is 0 Å². The molecule has 0 bridgehead atoms. The van der Waals surface area contributed by atoms with Crippen LogP contribution in [0.25, 0.3) is 0 Å². The highest BCUT2D eigenvalue weighted by Crippen LogP contribution is 2.33. The summed E-state index contributed by atoms with van der Waals surface area (Å²) in [7, 11) is 0. The molecule has 1 aromatic heterocycles. The van der Waals surface area contributed by atoms with Gasteiger partial charge < -0.3 is 5.32 Å². The van der Waals surface area contributed by atoms with Gasteiger partial charge in [-0.15, -0.1) is 0 Å². The van der Waals surface area contributed by atoms with Gasteiger partial charge >= 0.3 is 0 Å². The lowest BCUT2D eigenvalue weighted by Gasteiger charge is -2.04. The van der Waals surface area contributed by atoms with Gasteiger partial charge in [0.15, 0.2) is 0 Å². The number of nitrogens with one attached hydrogen (secondary N) is 1. The summed E-state index contributed by atoms with van der Waals surface area (Å²) in [5.74, 6) is 0.745. The van der Waals surface area contributed by atoms with E-state index in [1.165, 1.54) is 37.9 Å². The summed E-state index contributed by atoms with van der Waals surface area (Å²) >= 11 is 0. The predicted octanol–water partition coefficient (Wildman–Crippen LogP) is 2.50. The molecule has 0 unspecified atom stereocenters. The number of halogens is 1. The Bertz CT molecular complexity index is 310. The zero-order valence-corrected chi connectivity index (χ0v) is 8.88. The van der Waals surface area contributed by atoms with Gasteiger partial charge in [0.1, 0.15) is 5.82 Å². The molecule has 82 valence electrons. The summed E-state index contributed by atoms with van der Waals surface area (Å²) < 4.78 is 12.8. The minimum absolute atomic E-state index is 0.257. The minimum atomic E-state index is -0.257. The molecule has 2 nitrogen and oxygen atoms in total.